The minimum absolute atomic E-state index is 0.0211. The standard InChI is InChI=1S/C11H16N2O6S2/c12-20(16,17)7-1-6-13-21(18,19)10-4-2-9(3-5-10)8-11(14)15/h2-5,13H,1,6-8H2,(H,14,15)(H2,12,16,17). The van der Waals surface area contributed by atoms with E-state index in [9.17, 15) is 21.6 Å². The first kappa shape index (κ1) is 17.6. The second-order valence-corrected chi connectivity index (χ2v) is 7.83. The number of benzene rings is 1. The Kier molecular flexibility index (Phi) is 5.84. The van der Waals surface area contributed by atoms with E-state index in [1.807, 2.05) is 0 Å². The third-order valence-corrected chi connectivity index (χ3v) is 4.82. The number of sulfonamides is 2. The molecule has 0 heterocycles. The summed E-state index contributed by atoms with van der Waals surface area (Å²) in [6.45, 7) is -0.0599. The number of aliphatic carboxylic acids is 1. The van der Waals surface area contributed by atoms with Crippen LogP contribution < -0.4 is 9.86 Å². The van der Waals surface area contributed by atoms with Gasteiger partial charge in [-0.2, -0.15) is 0 Å². The van der Waals surface area contributed by atoms with E-state index in [0.29, 0.717) is 5.56 Å². The molecular weight excluding hydrogens is 320 g/mol. The number of carboxylic acids is 1. The molecule has 1 rings (SSSR count). The average molecular weight is 336 g/mol. The van der Waals surface area contributed by atoms with Crippen molar-refractivity contribution in [1.82, 2.24) is 4.72 Å². The fourth-order valence-electron chi connectivity index (χ4n) is 1.52. The summed E-state index contributed by atoms with van der Waals surface area (Å²) >= 11 is 0. The molecule has 1 aromatic rings. The Morgan fingerprint density at radius 1 is 1.14 bits per heavy atom. The van der Waals surface area contributed by atoms with E-state index >= 15 is 0 Å². The minimum atomic E-state index is -3.76. The number of hydrogen-bond donors (Lipinski definition) is 3. The zero-order chi connectivity index (χ0) is 16.1. The summed E-state index contributed by atoms with van der Waals surface area (Å²) in [5, 5.41) is 13.4. The molecule has 0 unspecified atom stereocenters. The van der Waals surface area contributed by atoms with Crippen molar-refractivity contribution in [1.29, 1.82) is 0 Å². The van der Waals surface area contributed by atoms with Gasteiger partial charge in [0.15, 0.2) is 0 Å². The summed E-state index contributed by atoms with van der Waals surface area (Å²) in [4.78, 5) is 10.5. The largest absolute Gasteiger partial charge is 0.481 e. The first-order valence-electron chi connectivity index (χ1n) is 5.91. The van der Waals surface area contributed by atoms with Crippen LogP contribution in [0.4, 0.5) is 0 Å². The van der Waals surface area contributed by atoms with Gasteiger partial charge in [-0.05, 0) is 24.1 Å². The van der Waals surface area contributed by atoms with E-state index in [1.54, 1.807) is 0 Å². The Balaban J connectivity index is 2.64. The second-order valence-electron chi connectivity index (χ2n) is 4.33. The molecule has 0 aliphatic heterocycles. The van der Waals surface area contributed by atoms with Gasteiger partial charge in [0.25, 0.3) is 0 Å². The molecule has 118 valence electrons. The molecular formula is C11H16N2O6S2. The third kappa shape index (κ3) is 6.67. The van der Waals surface area contributed by atoms with Crippen molar-refractivity contribution in [2.75, 3.05) is 12.3 Å². The number of carbonyl (C=O) groups is 1. The third-order valence-electron chi connectivity index (χ3n) is 2.49. The van der Waals surface area contributed by atoms with Crippen LogP contribution in [-0.4, -0.2) is 40.2 Å². The predicted octanol–water partition coefficient (Wildman–Crippen LogP) is -0.729. The molecule has 21 heavy (non-hydrogen) atoms. The molecule has 1 aromatic carbocycles. The normalized spacial score (nSPS) is 12.2. The van der Waals surface area contributed by atoms with Crippen molar-refractivity contribution < 1.29 is 26.7 Å². The van der Waals surface area contributed by atoms with E-state index in [4.69, 9.17) is 10.2 Å². The fraction of sp³-hybridized carbons (Fsp3) is 0.364. The van der Waals surface area contributed by atoms with Crippen LogP contribution in [0.1, 0.15) is 12.0 Å². The molecule has 8 nitrogen and oxygen atoms in total. The molecule has 0 fully saturated rings. The van der Waals surface area contributed by atoms with E-state index in [1.165, 1.54) is 24.3 Å². The highest BCUT2D eigenvalue weighted by atomic mass is 32.2. The van der Waals surface area contributed by atoms with Gasteiger partial charge in [0.05, 0.1) is 17.1 Å². The van der Waals surface area contributed by atoms with E-state index in [2.05, 4.69) is 4.72 Å². The Morgan fingerprint density at radius 2 is 1.71 bits per heavy atom. The Hall–Kier alpha value is -1.49. The lowest BCUT2D eigenvalue weighted by atomic mass is 10.2. The van der Waals surface area contributed by atoms with Gasteiger partial charge in [0.1, 0.15) is 0 Å². The minimum Gasteiger partial charge on any atom is -0.481 e. The molecule has 0 aliphatic rings. The van der Waals surface area contributed by atoms with Gasteiger partial charge >= 0.3 is 5.97 Å². The number of nitrogens with two attached hydrogens (primary N) is 1. The average Bonchev–Trinajstić information content (AvgIpc) is 2.33. The Bertz CT molecular complexity index is 695. The molecule has 0 saturated carbocycles. The lowest BCUT2D eigenvalue weighted by Gasteiger charge is -2.07. The first-order chi connectivity index (χ1) is 9.60. The topological polar surface area (TPSA) is 144 Å². The maximum atomic E-state index is 11.9. The van der Waals surface area contributed by atoms with Crippen molar-refractivity contribution in [3.63, 3.8) is 0 Å². The van der Waals surface area contributed by atoms with Crippen LogP contribution in [0, 0.1) is 0 Å². The molecule has 10 heteroatoms. The van der Waals surface area contributed by atoms with E-state index < -0.39 is 26.0 Å². The summed E-state index contributed by atoms with van der Waals surface area (Å²) < 4.78 is 47.4. The number of primary sulfonamides is 1. The number of nitrogens with one attached hydrogen (secondary N) is 1. The van der Waals surface area contributed by atoms with Gasteiger partial charge < -0.3 is 5.11 Å². The van der Waals surface area contributed by atoms with Crippen LogP contribution in [0.3, 0.4) is 0 Å². The monoisotopic (exact) mass is 336 g/mol. The van der Waals surface area contributed by atoms with Gasteiger partial charge in [0, 0.05) is 6.54 Å². The maximum absolute atomic E-state index is 11.9. The Labute approximate surface area is 123 Å². The van der Waals surface area contributed by atoms with Crippen LogP contribution >= 0.6 is 0 Å². The van der Waals surface area contributed by atoms with E-state index in [0.717, 1.165) is 0 Å². The molecule has 0 radical (unpaired) electrons. The lowest BCUT2D eigenvalue weighted by Crippen LogP contribution is -2.27. The zero-order valence-corrected chi connectivity index (χ0v) is 12.7. The fourth-order valence-corrected chi connectivity index (χ4v) is 3.15. The van der Waals surface area contributed by atoms with Crippen molar-refractivity contribution in [3.8, 4) is 0 Å². The molecule has 0 spiro atoms. The highest BCUT2D eigenvalue weighted by Crippen LogP contribution is 2.11. The van der Waals surface area contributed by atoms with Gasteiger partial charge in [-0.3, -0.25) is 4.79 Å². The molecule has 0 bridgehead atoms. The summed E-state index contributed by atoms with van der Waals surface area (Å²) in [6, 6.07) is 5.40. The van der Waals surface area contributed by atoms with Crippen LogP contribution in [0.2, 0.25) is 0 Å². The molecule has 4 N–H and O–H groups in total. The molecule has 0 aromatic heterocycles. The molecule has 0 atom stereocenters. The van der Waals surface area contributed by atoms with Crippen molar-refractivity contribution in [3.05, 3.63) is 29.8 Å². The second kappa shape index (κ2) is 6.98. The quantitative estimate of drug-likeness (QED) is 0.534. The number of rotatable bonds is 8. The van der Waals surface area contributed by atoms with Crippen molar-refractivity contribution in [2.45, 2.75) is 17.7 Å². The summed E-state index contributed by atoms with van der Waals surface area (Å²) in [5.74, 6) is -1.32. The smallest absolute Gasteiger partial charge is 0.307 e. The molecule has 0 saturated heterocycles. The van der Waals surface area contributed by atoms with Gasteiger partial charge in [0.2, 0.25) is 20.0 Å². The van der Waals surface area contributed by atoms with Crippen LogP contribution in [0.25, 0.3) is 0 Å². The zero-order valence-electron chi connectivity index (χ0n) is 11.0. The molecule has 0 aliphatic carbocycles. The van der Waals surface area contributed by atoms with Gasteiger partial charge in [-0.15, -0.1) is 0 Å². The van der Waals surface area contributed by atoms with Crippen LogP contribution in [0.5, 0.6) is 0 Å². The van der Waals surface area contributed by atoms with Crippen molar-refractivity contribution in [2.24, 2.45) is 5.14 Å². The van der Waals surface area contributed by atoms with Gasteiger partial charge in [-0.25, -0.2) is 26.7 Å². The summed E-state index contributed by atoms with van der Waals surface area (Å²) in [5.41, 5.74) is 0.482. The van der Waals surface area contributed by atoms with E-state index in [-0.39, 0.29) is 30.0 Å². The van der Waals surface area contributed by atoms with Crippen LogP contribution in [-0.2, 0) is 31.3 Å². The highest BCUT2D eigenvalue weighted by Gasteiger charge is 2.14. The predicted molar refractivity (Wildman–Crippen MR) is 75.6 cm³/mol. The summed E-state index contributed by atoms with van der Waals surface area (Å²) in [7, 11) is -7.37. The number of hydrogen-bond acceptors (Lipinski definition) is 5. The van der Waals surface area contributed by atoms with Gasteiger partial charge in [-0.1, -0.05) is 12.1 Å². The van der Waals surface area contributed by atoms with Crippen LogP contribution in [0.15, 0.2) is 29.2 Å². The number of carboxylic acid groups (broad SMARTS) is 1. The molecule has 0 amide bonds. The SMILES string of the molecule is NS(=O)(=O)CCCNS(=O)(=O)c1ccc(CC(=O)O)cc1. The first-order valence-corrected chi connectivity index (χ1v) is 9.11. The summed E-state index contributed by atoms with van der Waals surface area (Å²) in [6.07, 6.45) is -0.128. The Morgan fingerprint density at radius 3 is 2.19 bits per heavy atom. The maximum Gasteiger partial charge on any atom is 0.307 e. The highest BCUT2D eigenvalue weighted by molar-refractivity contribution is 7.89. The lowest BCUT2D eigenvalue weighted by molar-refractivity contribution is -0.136. The van der Waals surface area contributed by atoms with Crippen molar-refractivity contribution >= 4 is 26.0 Å².